The van der Waals surface area contributed by atoms with Gasteiger partial charge in [0, 0.05) is 37.9 Å². The smallest absolute Gasteiger partial charge is 0.149 e. The minimum Gasteiger partial charge on any atom is -0.372 e. The van der Waals surface area contributed by atoms with Crippen LogP contribution >= 0.6 is 0 Å². The van der Waals surface area contributed by atoms with Gasteiger partial charge in [-0.05, 0) is 62.8 Å². The molecule has 6 nitrogen and oxygen atoms in total. The first kappa shape index (κ1) is 22.5. The number of nitrogens with zero attached hydrogens (tertiary/aromatic N) is 6. The Hall–Kier alpha value is -3.67. The summed E-state index contributed by atoms with van der Waals surface area (Å²) in [4.78, 5) is 11.1. The standard InChI is InChI=1S/C27H32N6/c1-4-31(5-2)24-14-10-22(11-15-24)12-16-25-19-23(13-17-26-20-28-21-32(26)6-3)30-33(25)27-9-7-8-18-29-27/h7-18,20-21,25H,4-6,19H2,1-3H3. The van der Waals surface area contributed by atoms with Gasteiger partial charge in [0.05, 0.1) is 30.0 Å². The van der Waals surface area contributed by atoms with E-state index in [1.165, 1.54) is 11.3 Å². The number of anilines is 2. The van der Waals surface area contributed by atoms with Crippen LogP contribution in [0.2, 0.25) is 0 Å². The molecule has 0 fully saturated rings. The van der Waals surface area contributed by atoms with Gasteiger partial charge >= 0.3 is 0 Å². The van der Waals surface area contributed by atoms with Gasteiger partial charge < -0.3 is 9.47 Å². The van der Waals surface area contributed by atoms with Crippen molar-refractivity contribution < 1.29 is 0 Å². The number of pyridine rings is 1. The lowest BCUT2D eigenvalue weighted by Crippen LogP contribution is -2.24. The number of rotatable bonds is 9. The van der Waals surface area contributed by atoms with Crippen molar-refractivity contribution in [3.05, 3.63) is 84.6 Å². The number of imidazole rings is 1. The van der Waals surface area contributed by atoms with Crippen LogP contribution in [-0.4, -0.2) is 39.4 Å². The highest BCUT2D eigenvalue weighted by atomic mass is 15.5. The van der Waals surface area contributed by atoms with E-state index in [0.717, 1.165) is 43.3 Å². The van der Waals surface area contributed by atoms with E-state index < -0.39 is 0 Å². The molecule has 0 bridgehead atoms. The lowest BCUT2D eigenvalue weighted by Gasteiger charge is -2.21. The Bertz CT molecular complexity index is 1110. The third-order valence-corrected chi connectivity index (χ3v) is 5.92. The Morgan fingerprint density at radius 1 is 1.00 bits per heavy atom. The maximum Gasteiger partial charge on any atom is 0.149 e. The molecule has 0 radical (unpaired) electrons. The van der Waals surface area contributed by atoms with Crippen LogP contribution in [0.25, 0.3) is 12.2 Å². The predicted molar refractivity (Wildman–Crippen MR) is 139 cm³/mol. The summed E-state index contributed by atoms with van der Waals surface area (Å²) < 4.78 is 2.11. The molecule has 0 N–H and O–H groups in total. The lowest BCUT2D eigenvalue weighted by molar-refractivity contribution is 0.754. The van der Waals surface area contributed by atoms with Gasteiger partial charge in [0.1, 0.15) is 5.82 Å². The van der Waals surface area contributed by atoms with Crippen molar-refractivity contribution >= 4 is 29.4 Å². The minimum absolute atomic E-state index is 0.109. The van der Waals surface area contributed by atoms with Gasteiger partial charge in [0.2, 0.25) is 0 Å². The molecule has 33 heavy (non-hydrogen) atoms. The Labute approximate surface area is 196 Å². The fraction of sp³-hybridized carbons (Fsp3) is 0.296. The van der Waals surface area contributed by atoms with Crippen molar-refractivity contribution in [2.24, 2.45) is 5.10 Å². The van der Waals surface area contributed by atoms with Gasteiger partial charge in [-0.15, -0.1) is 0 Å². The number of benzene rings is 1. The largest absolute Gasteiger partial charge is 0.372 e. The average Bonchev–Trinajstić information content (AvgIpc) is 3.50. The van der Waals surface area contributed by atoms with E-state index in [2.05, 4.69) is 88.8 Å². The lowest BCUT2D eigenvalue weighted by atomic mass is 10.1. The molecular formula is C27H32N6. The first-order valence-corrected chi connectivity index (χ1v) is 11.7. The van der Waals surface area contributed by atoms with E-state index in [4.69, 9.17) is 5.10 Å². The second-order valence-corrected chi connectivity index (χ2v) is 7.96. The number of hydrogen-bond donors (Lipinski definition) is 0. The number of aryl methyl sites for hydroxylation is 1. The van der Waals surface area contributed by atoms with E-state index in [1.54, 1.807) is 0 Å². The molecule has 0 amide bonds. The fourth-order valence-electron chi connectivity index (χ4n) is 4.04. The molecule has 1 aliphatic heterocycles. The van der Waals surface area contributed by atoms with Crippen LogP contribution in [-0.2, 0) is 6.54 Å². The molecule has 3 heterocycles. The third kappa shape index (κ3) is 5.40. The molecule has 6 heteroatoms. The number of hydrogen-bond acceptors (Lipinski definition) is 5. The van der Waals surface area contributed by atoms with Crippen LogP contribution in [0.3, 0.4) is 0 Å². The summed E-state index contributed by atoms with van der Waals surface area (Å²) in [5.74, 6) is 0.853. The second kappa shape index (κ2) is 10.8. The molecule has 1 unspecified atom stereocenters. The summed E-state index contributed by atoms with van der Waals surface area (Å²) in [6, 6.07) is 14.8. The van der Waals surface area contributed by atoms with Gasteiger partial charge in [-0.1, -0.05) is 30.4 Å². The highest BCUT2D eigenvalue weighted by molar-refractivity contribution is 6.01. The Balaban J connectivity index is 1.53. The van der Waals surface area contributed by atoms with E-state index in [9.17, 15) is 0 Å². The van der Waals surface area contributed by atoms with Crippen LogP contribution in [0.15, 0.2) is 78.4 Å². The first-order chi connectivity index (χ1) is 16.2. The molecule has 1 aliphatic rings. The summed E-state index contributed by atoms with van der Waals surface area (Å²) in [5.41, 5.74) is 4.55. The van der Waals surface area contributed by atoms with E-state index in [0.29, 0.717) is 0 Å². The monoisotopic (exact) mass is 440 g/mol. The summed E-state index contributed by atoms with van der Waals surface area (Å²) >= 11 is 0. The van der Waals surface area contributed by atoms with E-state index in [1.807, 2.05) is 41.9 Å². The van der Waals surface area contributed by atoms with Crippen molar-refractivity contribution in [2.75, 3.05) is 23.0 Å². The predicted octanol–water partition coefficient (Wildman–Crippen LogP) is 5.51. The molecule has 0 saturated heterocycles. The Morgan fingerprint density at radius 2 is 1.82 bits per heavy atom. The molecule has 0 aliphatic carbocycles. The molecule has 4 rings (SSSR count). The average molecular weight is 441 g/mol. The summed E-state index contributed by atoms with van der Waals surface area (Å²) in [6.07, 6.45) is 14.9. The molecule has 3 aromatic rings. The second-order valence-electron chi connectivity index (χ2n) is 7.96. The van der Waals surface area contributed by atoms with E-state index >= 15 is 0 Å². The molecule has 0 saturated carbocycles. The molecule has 1 aromatic carbocycles. The zero-order valence-corrected chi connectivity index (χ0v) is 19.7. The number of allylic oxidation sites excluding steroid dienone is 1. The molecule has 170 valence electrons. The summed E-state index contributed by atoms with van der Waals surface area (Å²) in [7, 11) is 0. The topological polar surface area (TPSA) is 49.6 Å². The summed E-state index contributed by atoms with van der Waals surface area (Å²) in [5, 5.41) is 6.89. The van der Waals surface area contributed by atoms with Crippen molar-refractivity contribution in [3.63, 3.8) is 0 Å². The maximum absolute atomic E-state index is 4.88. The normalized spacial score (nSPS) is 16.2. The number of aromatic nitrogens is 3. The molecular weight excluding hydrogens is 408 g/mol. The Morgan fingerprint density at radius 3 is 2.52 bits per heavy atom. The minimum atomic E-state index is 0.109. The van der Waals surface area contributed by atoms with Gasteiger partial charge in [-0.25, -0.2) is 15.0 Å². The van der Waals surface area contributed by atoms with Crippen molar-refractivity contribution in [1.82, 2.24) is 14.5 Å². The fourth-order valence-corrected chi connectivity index (χ4v) is 4.04. The van der Waals surface area contributed by atoms with Crippen LogP contribution in [0.5, 0.6) is 0 Å². The van der Waals surface area contributed by atoms with Gasteiger partial charge in [-0.2, -0.15) is 5.10 Å². The highest BCUT2D eigenvalue weighted by Crippen LogP contribution is 2.25. The molecule has 0 spiro atoms. The highest BCUT2D eigenvalue weighted by Gasteiger charge is 2.25. The quantitative estimate of drug-likeness (QED) is 0.440. The van der Waals surface area contributed by atoms with Crippen molar-refractivity contribution in [3.8, 4) is 0 Å². The zero-order chi connectivity index (χ0) is 23.0. The van der Waals surface area contributed by atoms with Crippen LogP contribution in [0, 0.1) is 0 Å². The zero-order valence-electron chi connectivity index (χ0n) is 19.7. The SMILES string of the molecule is CCN(CC)c1ccc(C=CC2CC(C=Cc3cncn3CC)=NN2c2ccccn2)cc1. The van der Waals surface area contributed by atoms with Crippen LogP contribution in [0.4, 0.5) is 11.5 Å². The Kier molecular flexibility index (Phi) is 7.35. The summed E-state index contributed by atoms with van der Waals surface area (Å²) in [6.45, 7) is 9.41. The third-order valence-electron chi connectivity index (χ3n) is 5.92. The van der Waals surface area contributed by atoms with Crippen molar-refractivity contribution in [2.45, 2.75) is 39.8 Å². The van der Waals surface area contributed by atoms with E-state index in [-0.39, 0.29) is 6.04 Å². The van der Waals surface area contributed by atoms with Gasteiger partial charge in [0.15, 0.2) is 0 Å². The first-order valence-electron chi connectivity index (χ1n) is 11.7. The molecule has 1 atom stereocenters. The maximum atomic E-state index is 4.88. The van der Waals surface area contributed by atoms with Gasteiger partial charge in [-0.3, -0.25) is 0 Å². The van der Waals surface area contributed by atoms with Gasteiger partial charge in [0.25, 0.3) is 0 Å². The van der Waals surface area contributed by atoms with Crippen LogP contribution in [0.1, 0.15) is 38.4 Å². The van der Waals surface area contributed by atoms with Crippen molar-refractivity contribution in [1.29, 1.82) is 0 Å². The molecule has 2 aromatic heterocycles. The number of hydrazone groups is 1. The van der Waals surface area contributed by atoms with Crippen LogP contribution < -0.4 is 9.91 Å².